The maximum atomic E-state index is 6.72. The molecule has 9 aromatic rings. The molecule has 0 spiro atoms. The van der Waals surface area contributed by atoms with Crippen LogP contribution < -0.4 is 0 Å². The van der Waals surface area contributed by atoms with E-state index in [2.05, 4.69) is 116 Å². The second kappa shape index (κ2) is 13.0. The Kier molecular flexibility index (Phi) is 7.75. The SMILES string of the molecule is Cc1ccc(-c2ccccc2)cc1-c1ccccc1Cc1cccc2c1oc1cc(-c3nc(-c4ccccc4)nc(-c4ccccc4)n3)ccc12. The molecule has 4 nitrogen and oxygen atoms in total. The van der Waals surface area contributed by atoms with Crippen LogP contribution in [-0.4, -0.2) is 15.0 Å². The lowest BCUT2D eigenvalue weighted by Crippen LogP contribution is -2.00. The summed E-state index contributed by atoms with van der Waals surface area (Å²) in [6.45, 7) is 2.19. The molecule has 0 saturated heterocycles. The van der Waals surface area contributed by atoms with Crippen LogP contribution in [0, 0.1) is 6.92 Å². The lowest BCUT2D eigenvalue weighted by molar-refractivity contribution is 0.664. The second-order valence-electron chi connectivity index (χ2n) is 12.9. The average molecular weight is 656 g/mol. The van der Waals surface area contributed by atoms with Gasteiger partial charge in [0.2, 0.25) is 0 Å². The van der Waals surface area contributed by atoms with E-state index in [-0.39, 0.29) is 0 Å². The van der Waals surface area contributed by atoms with Crippen molar-refractivity contribution in [2.45, 2.75) is 13.3 Å². The molecule has 0 atom stereocenters. The largest absolute Gasteiger partial charge is 0.456 e. The summed E-state index contributed by atoms with van der Waals surface area (Å²) < 4.78 is 6.72. The third-order valence-electron chi connectivity index (χ3n) is 9.57. The van der Waals surface area contributed by atoms with Crippen molar-refractivity contribution in [2.24, 2.45) is 0 Å². The number of rotatable bonds is 7. The lowest BCUT2D eigenvalue weighted by Gasteiger charge is -2.14. The molecule has 2 aromatic heterocycles. The molecular weight excluding hydrogens is 623 g/mol. The predicted molar refractivity (Wildman–Crippen MR) is 208 cm³/mol. The van der Waals surface area contributed by atoms with Gasteiger partial charge in [-0.3, -0.25) is 0 Å². The van der Waals surface area contributed by atoms with Crippen molar-refractivity contribution in [1.82, 2.24) is 15.0 Å². The van der Waals surface area contributed by atoms with Crippen LogP contribution >= 0.6 is 0 Å². The van der Waals surface area contributed by atoms with E-state index in [4.69, 9.17) is 19.4 Å². The Morgan fingerprint density at radius 1 is 0.412 bits per heavy atom. The van der Waals surface area contributed by atoms with Crippen LogP contribution in [0.1, 0.15) is 16.7 Å². The van der Waals surface area contributed by atoms with Crippen molar-refractivity contribution >= 4 is 21.9 Å². The number of furan rings is 1. The quantitative estimate of drug-likeness (QED) is 0.171. The van der Waals surface area contributed by atoms with E-state index in [9.17, 15) is 0 Å². The number of hydrogen-bond donors (Lipinski definition) is 0. The van der Waals surface area contributed by atoms with Crippen LogP contribution in [0.5, 0.6) is 0 Å². The maximum Gasteiger partial charge on any atom is 0.164 e. The fourth-order valence-electron chi connectivity index (χ4n) is 6.94. The highest BCUT2D eigenvalue weighted by molar-refractivity contribution is 6.07. The third kappa shape index (κ3) is 5.87. The summed E-state index contributed by atoms with van der Waals surface area (Å²) >= 11 is 0. The molecule has 0 saturated carbocycles. The van der Waals surface area contributed by atoms with Crippen LogP contribution in [0.15, 0.2) is 174 Å². The zero-order valence-corrected chi connectivity index (χ0v) is 28.1. The maximum absolute atomic E-state index is 6.72. The Morgan fingerprint density at radius 3 is 1.67 bits per heavy atom. The topological polar surface area (TPSA) is 51.8 Å². The summed E-state index contributed by atoms with van der Waals surface area (Å²) in [4.78, 5) is 14.7. The van der Waals surface area contributed by atoms with Gasteiger partial charge in [-0.1, -0.05) is 152 Å². The van der Waals surface area contributed by atoms with Gasteiger partial charge in [0.05, 0.1) is 0 Å². The number of hydrogen-bond acceptors (Lipinski definition) is 4. The minimum absolute atomic E-state index is 0.604. The molecule has 51 heavy (non-hydrogen) atoms. The molecule has 9 rings (SSSR count). The summed E-state index contributed by atoms with van der Waals surface area (Å²) in [6.07, 6.45) is 0.740. The van der Waals surface area contributed by atoms with Gasteiger partial charge in [0.1, 0.15) is 11.2 Å². The van der Waals surface area contributed by atoms with Crippen molar-refractivity contribution < 1.29 is 4.42 Å². The van der Waals surface area contributed by atoms with E-state index in [1.807, 2.05) is 60.7 Å². The monoisotopic (exact) mass is 655 g/mol. The van der Waals surface area contributed by atoms with Gasteiger partial charge in [-0.15, -0.1) is 0 Å². The van der Waals surface area contributed by atoms with Crippen LogP contribution in [0.2, 0.25) is 0 Å². The zero-order chi connectivity index (χ0) is 34.1. The van der Waals surface area contributed by atoms with Crippen molar-refractivity contribution in [2.75, 3.05) is 0 Å². The number of fused-ring (bicyclic) bond motifs is 3. The van der Waals surface area contributed by atoms with Gasteiger partial charge in [-0.25, -0.2) is 15.0 Å². The first-order chi connectivity index (χ1) is 25.2. The van der Waals surface area contributed by atoms with Gasteiger partial charge >= 0.3 is 0 Å². The molecule has 0 N–H and O–H groups in total. The minimum atomic E-state index is 0.604. The Labute approximate surface area is 296 Å². The average Bonchev–Trinajstić information content (AvgIpc) is 3.58. The molecule has 0 fully saturated rings. The summed E-state index contributed by atoms with van der Waals surface area (Å²) in [5, 5.41) is 2.16. The van der Waals surface area contributed by atoms with E-state index in [0.717, 1.165) is 50.6 Å². The van der Waals surface area contributed by atoms with E-state index >= 15 is 0 Å². The molecule has 7 aromatic carbocycles. The molecule has 0 aliphatic carbocycles. The Hall–Kier alpha value is -6.65. The molecule has 2 heterocycles. The van der Waals surface area contributed by atoms with Gasteiger partial charge in [0, 0.05) is 33.9 Å². The molecule has 0 bridgehead atoms. The molecule has 0 radical (unpaired) electrons. The van der Waals surface area contributed by atoms with E-state index in [0.29, 0.717) is 17.5 Å². The molecule has 0 unspecified atom stereocenters. The summed E-state index contributed by atoms with van der Waals surface area (Å²) in [7, 11) is 0. The van der Waals surface area contributed by atoms with Gasteiger partial charge < -0.3 is 4.42 Å². The van der Waals surface area contributed by atoms with Crippen LogP contribution in [0.4, 0.5) is 0 Å². The number of aromatic nitrogens is 3. The van der Waals surface area contributed by atoms with E-state index < -0.39 is 0 Å². The van der Waals surface area contributed by atoms with Crippen molar-refractivity contribution in [1.29, 1.82) is 0 Å². The summed E-state index contributed by atoms with van der Waals surface area (Å²) in [5.41, 5.74) is 13.0. The Morgan fingerprint density at radius 2 is 0.980 bits per heavy atom. The smallest absolute Gasteiger partial charge is 0.164 e. The molecule has 0 amide bonds. The normalized spacial score (nSPS) is 11.3. The first-order valence-electron chi connectivity index (χ1n) is 17.2. The standard InChI is InChI=1S/C47H33N3O/c1-31-24-25-35(32-14-5-2-6-15-32)29-42(31)39-22-12-11-20-36(39)28-37-21-13-23-41-40-27-26-38(30-43(40)51-44(37)41)47-49-45(33-16-7-3-8-17-33)48-46(50-47)34-18-9-4-10-19-34/h2-27,29-30H,28H2,1H3. The highest BCUT2D eigenvalue weighted by Crippen LogP contribution is 2.37. The number of benzene rings is 7. The fraction of sp³-hybridized carbons (Fsp3) is 0.0426. The lowest BCUT2D eigenvalue weighted by atomic mass is 9.90. The van der Waals surface area contributed by atoms with E-state index in [1.165, 1.54) is 33.4 Å². The fourth-order valence-corrected chi connectivity index (χ4v) is 6.94. The van der Waals surface area contributed by atoms with Crippen LogP contribution in [0.3, 0.4) is 0 Å². The Bertz CT molecular complexity index is 2610. The van der Waals surface area contributed by atoms with Gasteiger partial charge in [-0.2, -0.15) is 0 Å². The first kappa shape index (κ1) is 30.4. The number of nitrogens with zero attached hydrogens (tertiary/aromatic N) is 3. The van der Waals surface area contributed by atoms with Crippen LogP contribution in [-0.2, 0) is 6.42 Å². The predicted octanol–water partition coefficient (Wildman–Crippen LogP) is 12.0. The molecular formula is C47H33N3O. The van der Waals surface area contributed by atoms with Crippen molar-refractivity contribution in [3.63, 3.8) is 0 Å². The highest BCUT2D eigenvalue weighted by Gasteiger charge is 2.17. The van der Waals surface area contributed by atoms with Crippen LogP contribution in [0.25, 0.3) is 78.4 Å². The van der Waals surface area contributed by atoms with E-state index in [1.54, 1.807) is 0 Å². The molecule has 0 aliphatic rings. The van der Waals surface area contributed by atoms with Crippen molar-refractivity contribution in [3.05, 3.63) is 187 Å². The van der Waals surface area contributed by atoms with Gasteiger partial charge in [0.15, 0.2) is 17.5 Å². The molecule has 242 valence electrons. The minimum Gasteiger partial charge on any atom is -0.456 e. The summed E-state index contributed by atoms with van der Waals surface area (Å²) in [6, 6.07) is 58.9. The summed E-state index contributed by atoms with van der Waals surface area (Å²) in [5.74, 6) is 1.87. The zero-order valence-electron chi connectivity index (χ0n) is 28.1. The second-order valence-corrected chi connectivity index (χ2v) is 12.9. The Balaban J connectivity index is 1.12. The highest BCUT2D eigenvalue weighted by atomic mass is 16.3. The molecule has 0 aliphatic heterocycles. The van der Waals surface area contributed by atoms with Gasteiger partial charge in [0.25, 0.3) is 0 Å². The third-order valence-corrected chi connectivity index (χ3v) is 9.57. The number of para-hydroxylation sites is 1. The van der Waals surface area contributed by atoms with Crippen molar-refractivity contribution in [3.8, 4) is 56.4 Å². The number of aryl methyl sites for hydroxylation is 1. The molecule has 4 heteroatoms. The first-order valence-corrected chi connectivity index (χ1v) is 17.2. The van der Waals surface area contributed by atoms with Gasteiger partial charge in [-0.05, 0) is 64.1 Å².